The van der Waals surface area contributed by atoms with Crippen LogP contribution in [0.25, 0.3) is 0 Å². The number of aliphatic carboxylic acids is 1. The van der Waals surface area contributed by atoms with Crippen molar-refractivity contribution in [2.24, 2.45) is 0 Å². The van der Waals surface area contributed by atoms with Gasteiger partial charge in [0.1, 0.15) is 0 Å². The molecule has 0 aliphatic carbocycles. The van der Waals surface area contributed by atoms with Gasteiger partial charge in [-0.25, -0.2) is 4.79 Å². The molecular weight excluding hydrogens is 206 g/mol. The van der Waals surface area contributed by atoms with Crippen molar-refractivity contribution in [2.75, 3.05) is 6.61 Å². The van der Waals surface area contributed by atoms with Crippen LogP contribution in [-0.2, 0) is 9.68 Å². The topological polar surface area (TPSA) is 98.9 Å². The monoisotopic (exact) mass is 213 g/mol. The summed E-state index contributed by atoms with van der Waals surface area (Å²) in [6.07, 6.45) is 0. The molecule has 0 saturated carbocycles. The van der Waals surface area contributed by atoms with Gasteiger partial charge in [-0.1, -0.05) is 0 Å². The zero-order valence-electron chi connectivity index (χ0n) is 7.45. The van der Waals surface area contributed by atoms with Crippen molar-refractivity contribution in [1.82, 2.24) is 0 Å². The summed E-state index contributed by atoms with van der Waals surface area (Å²) in [5.74, 6) is -0.973. The van der Waals surface area contributed by atoms with Gasteiger partial charge < -0.3 is 9.99 Å². The number of carboxylic acids is 1. The molecule has 0 spiro atoms. The van der Waals surface area contributed by atoms with Crippen molar-refractivity contribution in [3.8, 4) is 5.75 Å². The van der Waals surface area contributed by atoms with Gasteiger partial charge in [-0.15, -0.1) is 0 Å². The number of nitrogens with zero attached hydrogens (tertiary/aromatic N) is 1. The fourth-order valence-electron chi connectivity index (χ4n) is 0.771. The first-order chi connectivity index (χ1) is 7.09. The van der Waals surface area contributed by atoms with Crippen LogP contribution in [0.15, 0.2) is 24.3 Å². The molecule has 80 valence electrons. The lowest BCUT2D eigenvalue weighted by molar-refractivity contribution is -0.384. The number of benzene rings is 1. The Kier molecular flexibility index (Phi) is 3.58. The normalized spacial score (nSPS) is 9.60. The number of hydrogen-bond acceptors (Lipinski definition) is 5. The molecule has 0 aliphatic rings. The molecule has 0 amide bonds. The van der Waals surface area contributed by atoms with Gasteiger partial charge >= 0.3 is 5.97 Å². The zero-order chi connectivity index (χ0) is 11.3. The Bertz CT molecular complexity index is 360. The molecule has 0 bridgehead atoms. The molecule has 1 rings (SSSR count). The molecule has 1 aromatic rings. The van der Waals surface area contributed by atoms with Crippen LogP contribution < -0.4 is 4.89 Å². The van der Waals surface area contributed by atoms with Crippen molar-refractivity contribution in [3.05, 3.63) is 34.4 Å². The van der Waals surface area contributed by atoms with E-state index in [2.05, 4.69) is 9.78 Å². The molecule has 0 fully saturated rings. The second-order valence-corrected chi connectivity index (χ2v) is 2.49. The number of carboxylic acid groups (broad SMARTS) is 1. The van der Waals surface area contributed by atoms with Crippen LogP contribution in [0.4, 0.5) is 5.69 Å². The summed E-state index contributed by atoms with van der Waals surface area (Å²) in [6, 6.07) is 5.05. The second-order valence-electron chi connectivity index (χ2n) is 2.49. The first-order valence-electron chi connectivity index (χ1n) is 3.85. The Morgan fingerprint density at radius 2 is 2.00 bits per heavy atom. The van der Waals surface area contributed by atoms with Crippen LogP contribution in [0.5, 0.6) is 5.75 Å². The smallest absolute Gasteiger partial charge is 0.334 e. The molecule has 0 aliphatic heterocycles. The number of non-ortho nitro benzene ring substituents is 1. The van der Waals surface area contributed by atoms with E-state index in [0.717, 1.165) is 0 Å². The third-order valence-electron chi connectivity index (χ3n) is 1.39. The predicted molar refractivity (Wildman–Crippen MR) is 47.3 cm³/mol. The molecule has 1 N–H and O–H groups in total. The Labute approximate surface area is 83.9 Å². The third-order valence-corrected chi connectivity index (χ3v) is 1.39. The Morgan fingerprint density at radius 3 is 2.47 bits per heavy atom. The van der Waals surface area contributed by atoms with Crippen molar-refractivity contribution in [1.29, 1.82) is 0 Å². The predicted octanol–water partition coefficient (Wildman–Crippen LogP) is 0.990. The maximum atomic E-state index is 10.3. The van der Waals surface area contributed by atoms with Gasteiger partial charge in [0.05, 0.1) is 4.92 Å². The lowest BCUT2D eigenvalue weighted by Crippen LogP contribution is -2.09. The number of carbonyl (C=O) groups is 1. The summed E-state index contributed by atoms with van der Waals surface area (Å²) in [6.45, 7) is -0.600. The van der Waals surface area contributed by atoms with Gasteiger partial charge in [0.25, 0.3) is 5.69 Å². The molecule has 7 nitrogen and oxygen atoms in total. The van der Waals surface area contributed by atoms with E-state index in [9.17, 15) is 14.9 Å². The molecule has 1 aromatic carbocycles. The van der Waals surface area contributed by atoms with E-state index >= 15 is 0 Å². The van der Waals surface area contributed by atoms with Gasteiger partial charge in [0, 0.05) is 12.1 Å². The summed E-state index contributed by atoms with van der Waals surface area (Å²) < 4.78 is 0. The van der Waals surface area contributed by atoms with Gasteiger partial charge in [-0.2, -0.15) is 4.89 Å². The van der Waals surface area contributed by atoms with Crippen molar-refractivity contribution in [3.63, 3.8) is 0 Å². The maximum Gasteiger partial charge on any atom is 0.334 e. The highest BCUT2D eigenvalue weighted by Gasteiger charge is 2.05. The van der Waals surface area contributed by atoms with Gasteiger partial charge in [-0.05, 0) is 12.1 Å². The minimum Gasteiger partial charge on any atom is -0.479 e. The average Bonchev–Trinajstić information content (AvgIpc) is 2.18. The average molecular weight is 213 g/mol. The standard InChI is InChI=1S/C8H7NO6/c10-8(11)5-14-15-7-3-1-6(2-4-7)9(12)13/h1-4H,5H2,(H,10,11). The molecule has 0 atom stereocenters. The van der Waals surface area contributed by atoms with Crippen molar-refractivity contribution in [2.45, 2.75) is 0 Å². The number of nitro benzene ring substituents is 1. The number of hydrogen-bond donors (Lipinski definition) is 1. The molecule has 7 heteroatoms. The minimum absolute atomic E-state index is 0.0828. The highest BCUT2D eigenvalue weighted by atomic mass is 17.2. The molecule has 0 saturated heterocycles. The van der Waals surface area contributed by atoms with Crippen LogP contribution in [0.3, 0.4) is 0 Å². The number of rotatable bonds is 5. The fraction of sp³-hybridized carbons (Fsp3) is 0.125. The summed E-state index contributed by atoms with van der Waals surface area (Å²) >= 11 is 0. The summed E-state index contributed by atoms with van der Waals surface area (Å²) in [7, 11) is 0. The molecule has 0 aromatic heterocycles. The Hall–Kier alpha value is -2.15. The van der Waals surface area contributed by atoms with E-state index in [-0.39, 0.29) is 11.4 Å². The summed E-state index contributed by atoms with van der Waals surface area (Å²) in [5.41, 5.74) is -0.0828. The van der Waals surface area contributed by atoms with Crippen LogP contribution in [0, 0.1) is 10.1 Å². The number of nitro groups is 1. The van der Waals surface area contributed by atoms with E-state index in [1.54, 1.807) is 0 Å². The molecular formula is C8H7NO6. The minimum atomic E-state index is -1.17. The lowest BCUT2D eigenvalue weighted by Gasteiger charge is -2.01. The summed E-state index contributed by atoms with van der Waals surface area (Å²) in [4.78, 5) is 28.6. The van der Waals surface area contributed by atoms with E-state index < -0.39 is 17.5 Å². The largest absolute Gasteiger partial charge is 0.479 e. The molecule has 15 heavy (non-hydrogen) atoms. The van der Waals surface area contributed by atoms with E-state index in [0.29, 0.717) is 0 Å². The van der Waals surface area contributed by atoms with Crippen molar-refractivity contribution < 1.29 is 24.6 Å². The van der Waals surface area contributed by atoms with Gasteiger partial charge in [-0.3, -0.25) is 10.1 Å². The quantitative estimate of drug-likeness (QED) is 0.444. The van der Waals surface area contributed by atoms with E-state index in [1.165, 1.54) is 24.3 Å². The highest BCUT2D eigenvalue weighted by molar-refractivity contribution is 5.67. The lowest BCUT2D eigenvalue weighted by atomic mass is 10.3. The second kappa shape index (κ2) is 4.91. The Balaban J connectivity index is 2.50. The fourth-order valence-corrected chi connectivity index (χ4v) is 0.771. The van der Waals surface area contributed by atoms with Gasteiger partial charge in [0.2, 0.25) is 0 Å². The third kappa shape index (κ3) is 3.61. The molecule has 0 heterocycles. The van der Waals surface area contributed by atoms with Crippen LogP contribution in [0.1, 0.15) is 0 Å². The van der Waals surface area contributed by atoms with Crippen LogP contribution in [-0.4, -0.2) is 22.6 Å². The molecule has 0 radical (unpaired) electrons. The van der Waals surface area contributed by atoms with Crippen LogP contribution in [0.2, 0.25) is 0 Å². The van der Waals surface area contributed by atoms with E-state index in [4.69, 9.17) is 5.11 Å². The molecule has 0 unspecified atom stereocenters. The van der Waals surface area contributed by atoms with E-state index in [1.807, 2.05) is 0 Å². The SMILES string of the molecule is O=C(O)COOc1ccc([N+](=O)[O-])cc1. The van der Waals surface area contributed by atoms with Gasteiger partial charge in [0.15, 0.2) is 12.4 Å². The zero-order valence-corrected chi connectivity index (χ0v) is 7.45. The maximum absolute atomic E-state index is 10.3. The van der Waals surface area contributed by atoms with Crippen LogP contribution >= 0.6 is 0 Å². The highest BCUT2D eigenvalue weighted by Crippen LogP contribution is 2.17. The Morgan fingerprint density at radius 1 is 1.40 bits per heavy atom. The summed E-state index contributed by atoms with van der Waals surface area (Å²) in [5, 5.41) is 18.5. The van der Waals surface area contributed by atoms with Crippen molar-refractivity contribution >= 4 is 11.7 Å². The first kappa shape index (κ1) is 10.9. The first-order valence-corrected chi connectivity index (χ1v) is 3.85.